The van der Waals surface area contributed by atoms with Crippen LogP contribution >= 0.6 is 0 Å². The van der Waals surface area contributed by atoms with E-state index in [2.05, 4.69) is 16.0 Å². The van der Waals surface area contributed by atoms with E-state index >= 15 is 0 Å². The van der Waals surface area contributed by atoms with E-state index in [1.165, 1.54) is 0 Å². The largest absolute Gasteiger partial charge is 0.478 e. The van der Waals surface area contributed by atoms with Crippen LogP contribution in [0.25, 0.3) is 0 Å². The van der Waals surface area contributed by atoms with Crippen LogP contribution in [-0.2, 0) is 9.59 Å². The molecule has 0 spiro atoms. The summed E-state index contributed by atoms with van der Waals surface area (Å²) >= 11 is 0. The normalized spacial score (nSPS) is 17.9. The predicted molar refractivity (Wildman–Crippen MR) is 99.7 cm³/mol. The molecule has 138 valence electrons. The fourth-order valence-corrected chi connectivity index (χ4v) is 2.84. The third-order valence-electron chi connectivity index (χ3n) is 4.40. The van der Waals surface area contributed by atoms with Crippen molar-refractivity contribution in [3.8, 4) is 5.75 Å². The number of ether oxygens (including phenoxy) is 1. The summed E-state index contributed by atoms with van der Waals surface area (Å²) < 4.78 is 5.63. The van der Waals surface area contributed by atoms with Crippen LogP contribution in [0.3, 0.4) is 0 Å². The number of carbonyl (C=O) groups is 3. The molecule has 0 radical (unpaired) electrons. The van der Waals surface area contributed by atoms with Crippen LogP contribution in [0, 0.1) is 0 Å². The highest BCUT2D eigenvalue weighted by Crippen LogP contribution is 2.29. The Hall–Kier alpha value is -3.35. The van der Waals surface area contributed by atoms with Gasteiger partial charge in [-0.2, -0.15) is 0 Å². The van der Waals surface area contributed by atoms with Gasteiger partial charge in [0.2, 0.25) is 5.91 Å². The number of hydrogen-bond acceptors (Lipinski definition) is 4. The summed E-state index contributed by atoms with van der Waals surface area (Å²) in [4.78, 5) is 36.6. The Morgan fingerprint density at radius 3 is 2.74 bits per heavy atom. The van der Waals surface area contributed by atoms with E-state index in [4.69, 9.17) is 4.74 Å². The van der Waals surface area contributed by atoms with Gasteiger partial charge in [0.1, 0.15) is 5.75 Å². The standard InChI is InChI=1S/C20H19N3O4/c24-18(11-17-20(26)23-15-6-1-2-7-16(15)27-17)21-14-5-3-4-12(10-14)19(25)22-13-8-9-13/h1-7,10,13,17H,8-9,11H2,(H,21,24)(H,22,25)(H,23,26). The number of benzene rings is 2. The van der Waals surface area contributed by atoms with Gasteiger partial charge >= 0.3 is 0 Å². The number of para-hydroxylation sites is 2. The van der Waals surface area contributed by atoms with E-state index in [1.54, 1.807) is 48.5 Å². The van der Waals surface area contributed by atoms with Gasteiger partial charge in [0.05, 0.1) is 12.1 Å². The maximum Gasteiger partial charge on any atom is 0.266 e. The highest BCUT2D eigenvalue weighted by molar-refractivity contribution is 6.02. The van der Waals surface area contributed by atoms with Crippen LogP contribution in [0.1, 0.15) is 29.6 Å². The number of fused-ring (bicyclic) bond motifs is 1. The smallest absolute Gasteiger partial charge is 0.266 e. The van der Waals surface area contributed by atoms with Gasteiger partial charge in [-0.3, -0.25) is 14.4 Å². The maximum atomic E-state index is 12.3. The van der Waals surface area contributed by atoms with E-state index < -0.39 is 6.10 Å². The van der Waals surface area contributed by atoms with Gasteiger partial charge in [0.15, 0.2) is 6.10 Å². The summed E-state index contributed by atoms with van der Waals surface area (Å²) in [5.74, 6) is -0.343. The fraction of sp³-hybridized carbons (Fsp3) is 0.250. The van der Waals surface area contributed by atoms with Gasteiger partial charge in [-0.1, -0.05) is 18.2 Å². The third kappa shape index (κ3) is 4.08. The molecule has 1 heterocycles. The summed E-state index contributed by atoms with van der Waals surface area (Å²) in [5.41, 5.74) is 1.58. The van der Waals surface area contributed by atoms with Gasteiger partial charge in [-0.25, -0.2) is 0 Å². The van der Waals surface area contributed by atoms with E-state index in [0.717, 1.165) is 12.8 Å². The zero-order valence-corrected chi connectivity index (χ0v) is 14.5. The minimum Gasteiger partial charge on any atom is -0.478 e. The maximum absolute atomic E-state index is 12.3. The number of nitrogens with one attached hydrogen (secondary N) is 3. The molecule has 27 heavy (non-hydrogen) atoms. The van der Waals surface area contributed by atoms with E-state index in [1.807, 2.05) is 0 Å². The van der Waals surface area contributed by atoms with Crippen LogP contribution in [0.4, 0.5) is 11.4 Å². The minimum atomic E-state index is -0.902. The Morgan fingerprint density at radius 2 is 1.93 bits per heavy atom. The second-order valence-electron chi connectivity index (χ2n) is 6.67. The Bertz CT molecular complexity index is 908. The molecule has 1 unspecified atom stereocenters. The topological polar surface area (TPSA) is 96.5 Å². The summed E-state index contributed by atoms with van der Waals surface area (Å²) in [6.45, 7) is 0. The molecule has 0 aromatic heterocycles. The lowest BCUT2D eigenvalue weighted by molar-refractivity contribution is -0.128. The molecule has 1 aliphatic carbocycles. The minimum absolute atomic E-state index is 0.126. The zero-order chi connectivity index (χ0) is 18.8. The van der Waals surface area contributed by atoms with Gasteiger partial charge in [-0.15, -0.1) is 0 Å². The molecule has 1 fully saturated rings. The highest BCUT2D eigenvalue weighted by Gasteiger charge is 2.29. The summed E-state index contributed by atoms with van der Waals surface area (Å²) in [5, 5.41) is 8.36. The van der Waals surface area contributed by atoms with E-state index in [0.29, 0.717) is 22.7 Å². The van der Waals surface area contributed by atoms with Crippen molar-refractivity contribution in [2.24, 2.45) is 0 Å². The Labute approximate surface area is 156 Å². The SMILES string of the molecule is O=C(CC1Oc2ccccc2NC1=O)Nc1cccc(C(=O)NC2CC2)c1. The van der Waals surface area contributed by atoms with Gasteiger partial charge in [0, 0.05) is 17.3 Å². The van der Waals surface area contributed by atoms with Crippen molar-refractivity contribution < 1.29 is 19.1 Å². The van der Waals surface area contributed by atoms with Crippen molar-refractivity contribution in [2.45, 2.75) is 31.4 Å². The molecular formula is C20H19N3O4. The quantitative estimate of drug-likeness (QED) is 0.757. The monoisotopic (exact) mass is 365 g/mol. The molecule has 4 rings (SSSR count). The number of hydrogen-bond donors (Lipinski definition) is 3. The third-order valence-corrected chi connectivity index (χ3v) is 4.40. The molecule has 3 N–H and O–H groups in total. The first kappa shape index (κ1) is 17.1. The first-order chi connectivity index (χ1) is 13.1. The van der Waals surface area contributed by atoms with Crippen LogP contribution in [0.5, 0.6) is 5.75 Å². The second-order valence-corrected chi connectivity index (χ2v) is 6.67. The molecule has 3 amide bonds. The molecule has 7 heteroatoms. The van der Waals surface area contributed by atoms with Crippen LogP contribution < -0.4 is 20.7 Å². The first-order valence-electron chi connectivity index (χ1n) is 8.86. The Kier molecular flexibility index (Phi) is 4.50. The molecule has 2 aliphatic rings. The summed E-state index contributed by atoms with van der Waals surface area (Å²) in [6.07, 6.45) is 0.989. The van der Waals surface area contributed by atoms with Gasteiger partial charge < -0.3 is 20.7 Å². The van der Waals surface area contributed by atoms with Crippen LogP contribution in [-0.4, -0.2) is 29.9 Å². The number of amides is 3. The molecule has 1 aliphatic heterocycles. The van der Waals surface area contributed by atoms with Crippen molar-refractivity contribution in [1.29, 1.82) is 0 Å². The molecule has 2 aromatic rings. The van der Waals surface area contributed by atoms with Crippen molar-refractivity contribution >= 4 is 29.1 Å². The Morgan fingerprint density at radius 1 is 1.11 bits per heavy atom. The van der Waals surface area contributed by atoms with Crippen LogP contribution in [0.2, 0.25) is 0 Å². The van der Waals surface area contributed by atoms with Gasteiger partial charge in [-0.05, 0) is 43.2 Å². The lowest BCUT2D eigenvalue weighted by Gasteiger charge is -2.25. The van der Waals surface area contributed by atoms with Crippen molar-refractivity contribution in [2.75, 3.05) is 10.6 Å². The van der Waals surface area contributed by atoms with Gasteiger partial charge in [0.25, 0.3) is 11.8 Å². The summed E-state index contributed by atoms with van der Waals surface area (Å²) in [6, 6.07) is 14.0. The van der Waals surface area contributed by atoms with Crippen molar-refractivity contribution in [3.05, 3.63) is 54.1 Å². The number of rotatable bonds is 5. The molecule has 0 bridgehead atoms. The van der Waals surface area contributed by atoms with Crippen molar-refractivity contribution in [3.63, 3.8) is 0 Å². The van der Waals surface area contributed by atoms with E-state index in [9.17, 15) is 14.4 Å². The van der Waals surface area contributed by atoms with Crippen LogP contribution in [0.15, 0.2) is 48.5 Å². The average Bonchev–Trinajstić information content (AvgIpc) is 3.46. The summed E-state index contributed by atoms with van der Waals surface area (Å²) in [7, 11) is 0. The lowest BCUT2D eigenvalue weighted by Crippen LogP contribution is -2.39. The second kappa shape index (κ2) is 7.11. The fourth-order valence-electron chi connectivity index (χ4n) is 2.84. The zero-order valence-electron chi connectivity index (χ0n) is 14.5. The molecule has 2 aromatic carbocycles. The molecular weight excluding hydrogens is 346 g/mol. The van der Waals surface area contributed by atoms with E-state index in [-0.39, 0.29) is 30.2 Å². The lowest BCUT2D eigenvalue weighted by atomic mass is 10.1. The molecule has 0 saturated heterocycles. The number of anilines is 2. The first-order valence-corrected chi connectivity index (χ1v) is 8.86. The molecule has 1 atom stereocenters. The molecule has 7 nitrogen and oxygen atoms in total. The number of carbonyl (C=O) groups excluding carboxylic acids is 3. The predicted octanol–water partition coefficient (Wildman–Crippen LogP) is 2.31. The highest BCUT2D eigenvalue weighted by atomic mass is 16.5. The molecule has 1 saturated carbocycles. The Balaban J connectivity index is 1.38. The average molecular weight is 365 g/mol. The van der Waals surface area contributed by atoms with Crippen molar-refractivity contribution in [1.82, 2.24) is 5.32 Å².